The zero-order chi connectivity index (χ0) is 18.8. The third-order valence-corrected chi connectivity index (χ3v) is 4.27. The van der Waals surface area contributed by atoms with Crippen molar-refractivity contribution in [3.63, 3.8) is 0 Å². The predicted octanol–water partition coefficient (Wildman–Crippen LogP) is 3.87. The van der Waals surface area contributed by atoms with Crippen molar-refractivity contribution in [3.8, 4) is 11.3 Å². The SMILES string of the molecule is Cc1ncc(C(=O)Nc2cc(-c3ccccc3C)nn2C)c(C(C)C)n1. The molecular weight excluding hydrogens is 326 g/mol. The van der Waals surface area contributed by atoms with Crippen molar-refractivity contribution in [3.05, 3.63) is 59.2 Å². The lowest BCUT2D eigenvalue weighted by Crippen LogP contribution is -2.18. The van der Waals surface area contributed by atoms with Crippen molar-refractivity contribution >= 4 is 11.7 Å². The number of hydrogen-bond acceptors (Lipinski definition) is 4. The Morgan fingerprint density at radius 2 is 1.92 bits per heavy atom. The van der Waals surface area contributed by atoms with Crippen LogP contribution in [0.3, 0.4) is 0 Å². The maximum atomic E-state index is 12.8. The Balaban J connectivity index is 1.91. The molecule has 3 rings (SSSR count). The van der Waals surface area contributed by atoms with Crippen LogP contribution >= 0.6 is 0 Å². The zero-order valence-electron chi connectivity index (χ0n) is 15.7. The molecule has 0 saturated carbocycles. The topological polar surface area (TPSA) is 72.7 Å². The molecule has 0 aliphatic rings. The standard InChI is InChI=1S/C20H23N5O/c1-12(2)19-16(11-21-14(4)22-19)20(26)23-18-10-17(24-25(18)5)15-9-7-6-8-13(15)3/h6-12H,1-5H3,(H,23,26). The fraction of sp³-hybridized carbons (Fsp3) is 0.300. The van der Waals surface area contributed by atoms with Crippen LogP contribution in [0, 0.1) is 13.8 Å². The zero-order valence-corrected chi connectivity index (χ0v) is 15.7. The lowest BCUT2D eigenvalue weighted by molar-refractivity contribution is 0.102. The highest BCUT2D eigenvalue weighted by atomic mass is 16.1. The Kier molecular flexibility index (Phi) is 4.84. The maximum Gasteiger partial charge on any atom is 0.260 e. The second kappa shape index (κ2) is 7.07. The summed E-state index contributed by atoms with van der Waals surface area (Å²) in [6, 6.07) is 9.92. The van der Waals surface area contributed by atoms with Crippen LogP contribution in [0.1, 0.15) is 47.2 Å². The number of nitrogens with one attached hydrogen (secondary N) is 1. The third-order valence-electron chi connectivity index (χ3n) is 4.27. The van der Waals surface area contributed by atoms with Gasteiger partial charge >= 0.3 is 0 Å². The van der Waals surface area contributed by atoms with Crippen molar-refractivity contribution in [2.75, 3.05) is 5.32 Å². The van der Waals surface area contributed by atoms with Gasteiger partial charge in [0, 0.05) is 24.9 Å². The number of amides is 1. The molecular formula is C20H23N5O. The molecule has 3 aromatic rings. The van der Waals surface area contributed by atoms with E-state index >= 15 is 0 Å². The third kappa shape index (κ3) is 3.49. The molecule has 0 aliphatic carbocycles. The number of nitrogens with zero attached hydrogens (tertiary/aromatic N) is 4. The number of aryl methyl sites for hydroxylation is 3. The van der Waals surface area contributed by atoms with Gasteiger partial charge in [0.05, 0.1) is 17.0 Å². The minimum Gasteiger partial charge on any atom is -0.307 e. The summed E-state index contributed by atoms with van der Waals surface area (Å²) in [7, 11) is 1.81. The summed E-state index contributed by atoms with van der Waals surface area (Å²) in [4.78, 5) is 21.4. The van der Waals surface area contributed by atoms with Crippen LogP contribution in [-0.2, 0) is 7.05 Å². The molecule has 0 atom stereocenters. The summed E-state index contributed by atoms with van der Waals surface area (Å²) in [5, 5.41) is 7.46. The van der Waals surface area contributed by atoms with Crippen LogP contribution in [0.2, 0.25) is 0 Å². The number of carbonyl (C=O) groups is 1. The van der Waals surface area contributed by atoms with Crippen LogP contribution in [0.5, 0.6) is 0 Å². The van der Waals surface area contributed by atoms with E-state index in [9.17, 15) is 4.79 Å². The monoisotopic (exact) mass is 349 g/mol. The smallest absolute Gasteiger partial charge is 0.260 e. The fourth-order valence-electron chi connectivity index (χ4n) is 2.86. The number of aromatic nitrogens is 4. The highest BCUT2D eigenvalue weighted by Gasteiger charge is 2.18. The van der Waals surface area contributed by atoms with Gasteiger partial charge in [0.25, 0.3) is 5.91 Å². The van der Waals surface area contributed by atoms with E-state index in [-0.39, 0.29) is 11.8 Å². The van der Waals surface area contributed by atoms with Gasteiger partial charge < -0.3 is 5.32 Å². The van der Waals surface area contributed by atoms with E-state index < -0.39 is 0 Å². The average molecular weight is 349 g/mol. The minimum atomic E-state index is -0.229. The van der Waals surface area contributed by atoms with E-state index in [0.717, 1.165) is 22.5 Å². The number of rotatable bonds is 4. The molecule has 0 bridgehead atoms. The largest absolute Gasteiger partial charge is 0.307 e. The predicted molar refractivity (Wildman–Crippen MR) is 102 cm³/mol. The molecule has 0 saturated heterocycles. The molecule has 1 amide bonds. The Morgan fingerprint density at radius 3 is 2.62 bits per heavy atom. The Bertz CT molecular complexity index is 959. The van der Waals surface area contributed by atoms with E-state index in [4.69, 9.17) is 0 Å². The van der Waals surface area contributed by atoms with E-state index in [1.165, 1.54) is 0 Å². The van der Waals surface area contributed by atoms with Crippen molar-refractivity contribution in [1.82, 2.24) is 19.7 Å². The van der Waals surface area contributed by atoms with Gasteiger partial charge in [0.15, 0.2) is 0 Å². The molecule has 0 radical (unpaired) electrons. The average Bonchev–Trinajstić information content (AvgIpc) is 2.95. The first-order valence-corrected chi connectivity index (χ1v) is 8.61. The Hall–Kier alpha value is -3.02. The molecule has 1 N–H and O–H groups in total. The first kappa shape index (κ1) is 17.8. The molecule has 26 heavy (non-hydrogen) atoms. The van der Waals surface area contributed by atoms with Crippen LogP contribution in [-0.4, -0.2) is 25.7 Å². The van der Waals surface area contributed by atoms with Crippen LogP contribution < -0.4 is 5.32 Å². The van der Waals surface area contributed by atoms with Crippen molar-refractivity contribution in [2.24, 2.45) is 7.05 Å². The van der Waals surface area contributed by atoms with Gasteiger partial charge in [-0.25, -0.2) is 9.97 Å². The number of benzene rings is 1. The summed E-state index contributed by atoms with van der Waals surface area (Å²) >= 11 is 0. The second-order valence-corrected chi connectivity index (χ2v) is 6.68. The summed E-state index contributed by atoms with van der Waals surface area (Å²) < 4.78 is 1.67. The van der Waals surface area contributed by atoms with Gasteiger partial charge in [-0.2, -0.15) is 5.10 Å². The van der Waals surface area contributed by atoms with Gasteiger partial charge in [-0.05, 0) is 25.3 Å². The number of carbonyl (C=O) groups excluding carboxylic acids is 1. The van der Waals surface area contributed by atoms with Crippen LogP contribution in [0.25, 0.3) is 11.3 Å². The highest BCUT2D eigenvalue weighted by molar-refractivity contribution is 6.04. The fourth-order valence-corrected chi connectivity index (χ4v) is 2.86. The summed E-state index contributed by atoms with van der Waals surface area (Å²) in [6.07, 6.45) is 1.59. The Morgan fingerprint density at radius 1 is 1.19 bits per heavy atom. The molecule has 2 heterocycles. The minimum absolute atomic E-state index is 0.131. The lowest BCUT2D eigenvalue weighted by Gasteiger charge is -2.12. The second-order valence-electron chi connectivity index (χ2n) is 6.68. The summed E-state index contributed by atoms with van der Waals surface area (Å²) in [5.41, 5.74) is 4.24. The molecule has 0 aliphatic heterocycles. The van der Waals surface area contributed by atoms with Gasteiger partial charge in [0.2, 0.25) is 0 Å². The van der Waals surface area contributed by atoms with Gasteiger partial charge in [-0.1, -0.05) is 38.1 Å². The van der Waals surface area contributed by atoms with E-state index in [1.807, 2.05) is 65.1 Å². The summed E-state index contributed by atoms with van der Waals surface area (Å²) in [5.74, 6) is 1.19. The number of anilines is 1. The van der Waals surface area contributed by atoms with Crippen LogP contribution in [0.4, 0.5) is 5.82 Å². The van der Waals surface area contributed by atoms with Crippen molar-refractivity contribution in [2.45, 2.75) is 33.6 Å². The molecule has 6 heteroatoms. The molecule has 0 spiro atoms. The first-order chi connectivity index (χ1) is 12.4. The van der Waals surface area contributed by atoms with Crippen molar-refractivity contribution < 1.29 is 4.79 Å². The van der Waals surface area contributed by atoms with Crippen LogP contribution in [0.15, 0.2) is 36.5 Å². The molecule has 134 valence electrons. The highest BCUT2D eigenvalue weighted by Crippen LogP contribution is 2.25. The normalized spacial score (nSPS) is 11.0. The number of hydrogen-bond donors (Lipinski definition) is 1. The van der Waals surface area contributed by atoms with E-state index in [2.05, 4.69) is 20.4 Å². The van der Waals surface area contributed by atoms with Gasteiger partial charge in [-0.15, -0.1) is 0 Å². The van der Waals surface area contributed by atoms with Crippen molar-refractivity contribution in [1.29, 1.82) is 0 Å². The van der Waals surface area contributed by atoms with Gasteiger partial charge in [0.1, 0.15) is 11.6 Å². The molecule has 6 nitrogen and oxygen atoms in total. The van der Waals surface area contributed by atoms with E-state index in [1.54, 1.807) is 10.9 Å². The molecule has 0 unspecified atom stereocenters. The lowest BCUT2D eigenvalue weighted by atomic mass is 10.0. The Labute approximate surface area is 153 Å². The molecule has 0 fully saturated rings. The molecule has 2 aromatic heterocycles. The summed E-state index contributed by atoms with van der Waals surface area (Å²) in [6.45, 7) is 7.89. The van der Waals surface area contributed by atoms with Gasteiger partial charge in [-0.3, -0.25) is 9.48 Å². The molecule has 1 aromatic carbocycles. The quantitative estimate of drug-likeness (QED) is 0.776. The first-order valence-electron chi connectivity index (χ1n) is 8.61. The van der Waals surface area contributed by atoms with E-state index in [0.29, 0.717) is 17.2 Å². The maximum absolute atomic E-state index is 12.8.